The second-order valence-corrected chi connectivity index (χ2v) is 6.40. The van der Waals surface area contributed by atoms with Gasteiger partial charge in [0.05, 0.1) is 23.0 Å². The molecule has 0 radical (unpaired) electrons. The monoisotopic (exact) mass is 413 g/mol. The summed E-state index contributed by atoms with van der Waals surface area (Å²) in [5, 5.41) is 20.1. The van der Waals surface area contributed by atoms with Gasteiger partial charge in [0, 0.05) is 18.9 Å². The highest BCUT2D eigenvalue weighted by molar-refractivity contribution is 5.96. The average Bonchev–Trinajstić information content (AvgIpc) is 3.28. The predicted octanol–water partition coefficient (Wildman–Crippen LogP) is 2.68. The van der Waals surface area contributed by atoms with E-state index in [2.05, 4.69) is 30.7 Å². The molecule has 0 bridgehead atoms. The molecule has 3 heterocycles. The van der Waals surface area contributed by atoms with Gasteiger partial charge in [-0.3, -0.25) is 9.48 Å². The Labute approximate surface area is 168 Å². The lowest BCUT2D eigenvalue weighted by Crippen LogP contribution is -2.27. The third-order valence-electron chi connectivity index (χ3n) is 4.28. The van der Waals surface area contributed by atoms with E-state index in [0.717, 1.165) is 12.1 Å². The molecule has 4 N–H and O–H groups in total. The number of hydrogen-bond donors (Lipinski definition) is 4. The number of anilines is 2. The molecule has 1 aromatic carbocycles. The van der Waals surface area contributed by atoms with Gasteiger partial charge in [0.25, 0.3) is 0 Å². The maximum absolute atomic E-state index is 14.2. The maximum atomic E-state index is 14.2. The molecule has 1 amide bonds. The molecule has 0 saturated heterocycles. The Hall–Kier alpha value is -4.02. The number of nitrogens with one attached hydrogen (secondary N) is 3. The molecular weight excluding hydrogens is 396 g/mol. The molecule has 0 unspecified atom stereocenters. The molecule has 0 atom stereocenters. The van der Waals surface area contributed by atoms with Crippen LogP contribution in [0, 0.1) is 11.6 Å². The standard InChI is InChI=1S/C19H17F2N7O2/c1-2-22-14(29)9-28-8-10(6-24-28)25-18-16-13(7-23-19(16)30)26-17(27-18)15-11(20)4-3-5-12(15)21/h3-8,23,30H,2,9H2,1H3,(H,22,29)(H,25,26,27). The van der Waals surface area contributed by atoms with E-state index in [-0.39, 0.29) is 46.4 Å². The summed E-state index contributed by atoms with van der Waals surface area (Å²) in [6.45, 7) is 2.34. The SMILES string of the molecule is CCNC(=O)Cn1cc(Nc2nc(-c3c(F)cccc3F)nc3c[nH]c(O)c23)cn1. The van der Waals surface area contributed by atoms with Crippen LogP contribution in [0.5, 0.6) is 5.88 Å². The van der Waals surface area contributed by atoms with E-state index in [0.29, 0.717) is 12.2 Å². The Kier molecular flexibility index (Phi) is 5.00. The van der Waals surface area contributed by atoms with E-state index in [1.165, 1.54) is 23.1 Å². The Morgan fingerprint density at radius 2 is 2.03 bits per heavy atom. The molecule has 0 spiro atoms. The van der Waals surface area contributed by atoms with E-state index in [4.69, 9.17) is 0 Å². The molecule has 0 aliphatic carbocycles. The van der Waals surface area contributed by atoms with Gasteiger partial charge in [-0.2, -0.15) is 5.10 Å². The molecule has 4 aromatic rings. The van der Waals surface area contributed by atoms with E-state index in [1.807, 2.05) is 6.92 Å². The van der Waals surface area contributed by atoms with Gasteiger partial charge in [0.15, 0.2) is 5.82 Å². The fraction of sp³-hybridized carbons (Fsp3) is 0.158. The Balaban J connectivity index is 1.73. The summed E-state index contributed by atoms with van der Waals surface area (Å²) in [4.78, 5) is 22.7. The minimum Gasteiger partial charge on any atom is -0.494 e. The summed E-state index contributed by atoms with van der Waals surface area (Å²) in [6.07, 6.45) is 4.43. The molecule has 4 rings (SSSR count). The fourth-order valence-corrected chi connectivity index (χ4v) is 2.99. The van der Waals surface area contributed by atoms with Crippen LogP contribution in [-0.4, -0.2) is 42.3 Å². The first-order valence-electron chi connectivity index (χ1n) is 9.05. The Morgan fingerprint density at radius 3 is 2.77 bits per heavy atom. The number of aromatic hydroxyl groups is 1. The number of amides is 1. The molecule has 30 heavy (non-hydrogen) atoms. The maximum Gasteiger partial charge on any atom is 0.241 e. The molecule has 9 nitrogen and oxygen atoms in total. The van der Waals surface area contributed by atoms with Gasteiger partial charge in [0.2, 0.25) is 11.8 Å². The molecule has 3 aromatic heterocycles. The van der Waals surface area contributed by atoms with Crippen molar-refractivity contribution in [2.24, 2.45) is 0 Å². The second-order valence-electron chi connectivity index (χ2n) is 6.40. The number of aromatic nitrogens is 5. The number of carbonyl (C=O) groups is 1. The van der Waals surface area contributed by atoms with E-state index < -0.39 is 11.6 Å². The van der Waals surface area contributed by atoms with Crippen molar-refractivity contribution in [2.75, 3.05) is 11.9 Å². The van der Waals surface area contributed by atoms with Crippen LogP contribution in [-0.2, 0) is 11.3 Å². The van der Waals surface area contributed by atoms with E-state index in [1.54, 1.807) is 6.20 Å². The smallest absolute Gasteiger partial charge is 0.241 e. The van der Waals surface area contributed by atoms with Crippen LogP contribution < -0.4 is 10.6 Å². The summed E-state index contributed by atoms with van der Waals surface area (Å²) in [6, 6.07) is 3.47. The molecule has 11 heteroatoms. The zero-order chi connectivity index (χ0) is 21.3. The third kappa shape index (κ3) is 3.64. The number of fused-ring (bicyclic) bond motifs is 1. The van der Waals surface area contributed by atoms with Crippen molar-refractivity contribution in [3.8, 4) is 17.3 Å². The summed E-state index contributed by atoms with van der Waals surface area (Å²) in [5.74, 6) is -2.09. The molecule has 0 aliphatic heterocycles. The number of hydrogen-bond acceptors (Lipinski definition) is 6. The van der Waals surface area contributed by atoms with Crippen LogP contribution in [0.1, 0.15) is 6.92 Å². The zero-order valence-electron chi connectivity index (χ0n) is 15.8. The summed E-state index contributed by atoms with van der Waals surface area (Å²) in [5.41, 5.74) is 0.340. The Morgan fingerprint density at radius 1 is 1.27 bits per heavy atom. The number of carbonyl (C=O) groups excluding carboxylic acids is 1. The van der Waals surface area contributed by atoms with E-state index in [9.17, 15) is 18.7 Å². The van der Waals surface area contributed by atoms with Crippen LogP contribution in [0.25, 0.3) is 22.3 Å². The lowest BCUT2D eigenvalue weighted by Gasteiger charge is -2.09. The molecular formula is C19H17F2N7O2. The van der Waals surface area contributed by atoms with Crippen molar-refractivity contribution in [1.82, 2.24) is 30.0 Å². The minimum atomic E-state index is -0.810. The van der Waals surface area contributed by atoms with Crippen LogP contribution >= 0.6 is 0 Å². The van der Waals surface area contributed by atoms with Crippen molar-refractivity contribution in [3.63, 3.8) is 0 Å². The zero-order valence-corrected chi connectivity index (χ0v) is 15.8. The van der Waals surface area contributed by atoms with Crippen molar-refractivity contribution >= 4 is 28.3 Å². The third-order valence-corrected chi connectivity index (χ3v) is 4.28. The van der Waals surface area contributed by atoms with Crippen molar-refractivity contribution in [2.45, 2.75) is 13.5 Å². The van der Waals surface area contributed by atoms with Gasteiger partial charge in [-0.25, -0.2) is 18.7 Å². The summed E-state index contributed by atoms with van der Waals surface area (Å²) < 4.78 is 29.9. The number of rotatable bonds is 6. The number of benzene rings is 1. The summed E-state index contributed by atoms with van der Waals surface area (Å²) >= 11 is 0. The summed E-state index contributed by atoms with van der Waals surface area (Å²) in [7, 11) is 0. The van der Waals surface area contributed by atoms with Gasteiger partial charge in [-0.15, -0.1) is 0 Å². The number of H-pyrrole nitrogens is 1. The van der Waals surface area contributed by atoms with Crippen LogP contribution in [0.2, 0.25) is 0 Å². The highest BCUT2D eigenvalue weighted by atomic mass is 19.1. The van der Waals surface area contributed by atoms with Crippen molar-refractivity contribution < 1.29 is 18.7 Å². The lowest BCUT2D eigenvalue weighted by atomic mass is 10.1. The van der Waals surface area contributed by atoms with Crippen LogP contribution in [0.4, 0.5) is 20.3 Å². The lowest BCUT2D eigenvalue weighted by molar-refractivity contribution is -0.121. The average molecular weight is 413 g/mol. The number of nitrogens with zero attached hydrogens (tertiary/aromatic N) is 4. The quantitative estimate of drug-likeness (QED) is 0.386. The van der Waals surface area contributed by atoms with Gasteiger partial charge >= 0.3 is 0 Å². The molecule has 0 saturated carbocycles. The first kappa shape index (κ1) is 19.3. The first-order valence-corrected chi connectivity index (χ1v) is 9.05. The van der Waals surface area contributed by atoms with Crippen LogP contribution in [0.3, 0.4) is 0 Å². The molecule has 0 fully saturated rings. The normalized spacial score (nSPS) is 11.0. The minimum absolute atomic E-state index is 0.0236. The van der Waals surface area contributed by atoms with Crippen molar-refractivity contribution in [3.05, 3.63) is 48.4 Å². The Bertz CT molecular complexity index is 1210. The number of likely N-dealkylation sites (N-methyl/N-ethyl adjacent to an activating group) is 1. The van der Waals surface area contributed by atoms with Crippen LogP contribution in [0.15, 0.2) is 36.8 Å². The highest BCUT2D eigenvalue weighted by Gasteiger charge is 2.19. The molecule has 0 aliphatic rings. The van der Waals surface area contributed by atoms with E-state index >= 15 is 0 Å². The largest absolute Gasteiger partial charge is 0.494 e. The van der Waals surface area contributed by atoms with Gasteiger partial charge < -0.3 is 20.7 Å². The second kappa shape index (κ2) is 7.78. The topological polar surface area (TPSA) is 121 Å². The first-order chi connectivity index (χ1) is 14.5. The highest BCUT2D eigenvalue weighted by Crippen LogP contribution is 2.34. The van der Waals surface area contributed by atoms with Gasteiger partial charge in [-0.05, 0) is 19.1 Å². The predicted molar refractivity (Wildman–Crippen MR) is 105 cm³/mol. The number of halogens is 2. The van der Waals surface area contributed by atoms with Gasteiger partial charge in [-0.1, -0.05) is 6.07 Å². The van der Waals surface area contributed by atoms with Crippen molar-refractivity contribution in [1.29, 1.82) is 0 Å². The fourth-order valence-electron chi connectivity index (χ4n) is 2.99. The molecule has 154 valence electrons. The number of aromatic amines is 1. The van der Waals surface area contributed by atoms with Gasteiger partial charge in [0.1, 0.15) is 29.4 Å².